The highest BCUT2D eigenvalue weighted by molar-refractivity contribution is 7.78. The van der Waals surface area contributed by atoms with Crippen LogP contribution >= 0.6 is 0 Å². The van der Waals surface area contributed by atoms with Crippen LogP contribution in [0.3, 0.4) is 0 Å². The van der Waals surface area contributed by atoms with Crippen molar-refractivity contribution in [3.8, 4) is 5.75 Å². The maximum absolute atomic E-state index is 5.18. The second-order valence-electron chi connectivity index (χ2n) is 7.78. The zero-order valence-electron chi connectivity index (χ0n) is 18.4. The van der Waals surface area contributed by atoms with Gasteiger partial charge in [0, 0.05) is 18.6 Å². The first-order valence-corrected chi connectivity index (χ1v) is 12.3. The van der Waals surface area contributed by atoms with E-state index in [0.717, 1.165) is 34.4 Å². The molecule has 0 bridgehead atoms. The predicted molar refractivity (Wildman–Crippen MR) is 126 cm³/mol. The molecule has 0 aliphatic carbocycles. The Morgan fingerprint density at radius 1 is 0.724 bits per heavy atom. The third-order valence-electron chi connectivity index (χ3n) is 5.25. The fraction of sp³-hybridized carbons (Fsp3) is 0.667. The number of ether oxygens (including phenoxy) is 1. The third-order valence-corrected chi connectivity index (χ3v) is 6.11. The zero-order chi connectivity index (χ0) is 20.6. The molecule has 0 spiro atoms. The Kier molecular flexibility index (Phi) is 12.4. The van der Waals surface area contributed by atoms with Crippen molar-refractivity contribution in [3.05, 3.63) is 24.3 Å². The number of benzene rings is 1. The van der Waals surface area contributed by atoms with E-state index in [1.807, 2.05) is 24.3 Å². The number of unbranched alkanes of at least 4 members (excludes halogenated alkanes) is 12. The first-order valence-electron chi connectivity index (χ1n) is 11.5. The topological polar surface area (TPSA) is 46.3 Å². The summed E-state index contributed by atoms with van der Waals surface area (Å²) in [6, 6.07) is 7.94. The molecule has 1 heterocycles. The van der Waals surface area contributed by atoms with E-state index < -0.39 is 0 Å². The molecule has 1 aliphatic heterocycles. The summed E-state index contributed by atoms with van der Waals surface area (Å²) in [5.74, 6) is 1.74. The third kappa shape index (κ3) is 10.6. The Hall–Kier alpha value is -1.62. The minimum Gasteiger partial charge on any atom is -0.497 e. The van der Waals surface area contributed by atoms with Crippen LogP contribution in [-0.2, 0) is 11.4 Å². The van der Waals surface area contributed by atoms with E-state index in [-0.39, 0.29) is 0 Å². The maximum atomic E-state index is 5.18. The number of amidine groups is 1. The Morgan fingerprint density at radius 3 is 1.83 bits per heavy atom. The van der Waals surface area contributed by atoms with Crippen LogP contribution < -0.4 is 4.74 Å². The lowest BCUT2D eigenvalue weighted by molar-refractivity contribution is 0.414. The number of hydrogen-bond donors (Lipinski definition) is 0. The quantitative estimate of drug-likeness (QED) is 0.156. The standard InChI is InChI=1S/C24H38N3OS/c1-3-4-5-6-7-8-9-10-11-12-13-14-15-16-23-25-24(27-26-23)29-22-19-17-21(28-2)18-20-22/h17-20H,3-16H2,1-2H3/q+1. The van der Waals surface area contributed by atoms with Crippen LogP contribution in [0.4, 0.5) is 0 Å². The van der Waals surface area contributed by atoms with E-state index >= 15 is 0 Å². The van der Waals surface area contributed by atoms with Gasteiger partial charge in [-0.3, -0.25) is 0 Å². The van der Waals surface area contributed by atoms with Gasteiger partial charge in [-0.2, -0.15) is 4.99 Å². The van der Waals surface area contributed by atoms with Crippen LogP contribution in [0.5, 0.6) is 5.75 Å². The summed E-state index contributed by atoms with van der Waals surface area (Å²) in [6.07, 6.45) is 18.8. The lowest BCUT2D eigenvalue weighted by Crippen LogP contribution is -1.93. The van der Waals surface area contributed by atoms with E-state index in [9.17, 15) is 0 Å². The highest BCUT2D eigenvalue weighted by Crippen LogP contribution is 2.15. The monoisotopic (exact) mass is 416 g/mol. The lowest BCUT2D eigenvalue weighted by Gasteiger charge is -2.02. The van der Waals surface area contributed by atoms with Crippen LogP contribution in [0.1, 0.15) is 96.8 Å². The Labute approximate surface area is 181 Å². The van der Waals surface area contributed by atoms with Crippen LogP contribution in [-0.4, -0.2) is 18.1 Å². The normalized spacial score (nSPS) is 14.6. The van der Waals surface area contributed by atoms with Gasteiger partial charge >= 0.3 is 5.11 Å². The molecular weight excluding hydrogens is 378 g/mol. The predicted octanol–water partition coefficient (Wildman–Crippen LogP) is 7.57. The average molecular weight is 417 g/mol. The minimum absolute atomic E-state index is 0.736. The molecule has 0 saturated carbocycles. The van der Waals surface area contributed by atoms with Crippen LogP contribution in [0.15, 0.2) is 44.4 Å². The molecule has 5 heteroatoms. The van der Waals surface area contributed by atoms with E-state index in [4.69, 9.17) is 4.74 Å². The molecular formula is C24H38N3OS+. The van der Waals surface area contributed by atoms with Crippen LogP contribution in [0.25, 0.3) is 0 Å². The number of nitrogens with zero attached hydrogens (tertiary/aromatic N) is 3. The minimum atomic E-state index is 0.736. The second-order valence-corrected chi connectivity index (χ2v) is 8.82. The van der Waals surface area contributed by atoms with Gasteiger partial charge in [-0.25, -0.2) is 0 Å². The Bertz CT molecular complexity index is 653. The van der Waals surface area contributed by atoms with Crippen molar-refractivity contribution in [1.29, 1.82) is 0 Å². The highest BCUT2D eigenvalue weighted by Gasteiger charge is 2.18. The van der Waals surface area contributed by atoms with Gasteiger partial charge < -0.3 is 4.74 Å². The fourth-order valence-electron chi connectivity index (χ4n) is 3.45. The largest absolute Gasteiger partial charge is 0.497 e. The van der Waals surface area contributed by atoms with Crippen LogP contribution in [0.2, 0.25) is 0 Å². The maximum Gasteiger partial charge on any atom is 0.443 e. The molecule has 0 saturated heterocycles. The Morgan fingerprint density at radius 2 is 1.28 bits per heavy atom. The number of hydrogen-bond acceptors (Lipinski definition) is 2. The van der Waals surface area contributed by atoms with Crippen LogP contribution in [0, 0.1) is 0 Å². The molecule has 1 aromatic carbocycles. The molecule has 4 nitrogen and oxygen atoms in total. The summed E-state index contributed by atoms with van der Waals surface area (Å²) in [5, 5.41) is 9.17. The molecule has 0 fully saturated rings. The van der Waals surface area contributed by atoms with E-state index in [1.54, 1.807) is 18.5 Å². The highest BCUT2D eigenvalue weighted by atomic mass is 32.1. The Balaban J connectivity index is 1.48. The molecule has 1 aromatic rings. The zero-order valence-corrected chi connectivity index (χ0v) is 19.2. The smallest absolute Gasteiger partial charge is 0.443 e. The van der Waals surface area contributed by atoms with E-state index in [0.29, 0.717) is 0 Å². The molecule has 0 amide bonds. The molecule has 0 atom stereocenters. The van der Waals surface area contributed by atoms with Gasteiger partial charge in [0.15, 0.2) is 5.84 Å². The number of rotatable bonds is 16. The van der Waals surface area contributed by atoms with Crippen molar-refractivity contribution in [2.45, 2.75) is 102 Å². The van der Waals surface area contributed by atoms with Gasteiger partial charge in [-0.15, -0.1) is 5.11 Å². The van der Waals surface area contributed by atoms with E-state index in [2.05, 4.69) is 22.1 Å². The SMILES string of the molecule is CCCCCCCCCCCCCCCC1=NC(=[S+]c2ccc(OC)cc2)N=N1. The molecule has 1 aliphatic rings. The second kappa shape index (κ2) is 15.3. The summed E-state index contributed by atoms with van der Waals surface area (Å²) >= 11 is 1.55. The van der Waals surface area contributed by atoms with Gasteiger partial charge in [0.2, 0.25) is 4.90 Å². The number of aliphatic imine (C=N–C) groups is 1. The molecule has 2 rings (SSSR count). The van der Waals surface area contributed by atoms with Gasteiger partial charge in [-0.05, 0) is 18.6 Å². The molecule has 0 N–H and O–H groups in total. The van der Waals surface area contributed by atoms with Crippen molar-refractivity contribution in [3.63, 3.8) is 0 Å². The summed E-state index contributed by atoms with van der Waals surface area (Å²) in [4.78, 5) is 5.65. The number of azo groups is 1. The van der Waals surface area contributed by atoms with Crippen molar-refractivity contribution in [2.24, 2.45) is 15.2 Å². The number of methoxy groups -OCH3 is 1. The van der Waals surface area contributed by atoms with Gasteiger partial charge in [-0.1, -0.05) is 89.1 Å². The molecule has 0 unspecified atom stereocenters. The first-order chi connectivity index (χ1) is 14.3. The molecule has 0 aromatic heterocycles. The first kappa shape index (κ1) is 23.7. The fourth-order valence-corrected chi connectivity index (χ4v) is 4.17. The summed E-state index contributed by atoms with van der Waals surface area (Å²) < 4.78 is 5.18. The molecule has 160 valence electrons. The summed E-state index contributed by atoms with van der Waals surface area (Å²) in [5.41, 5.74) is 0. The van der Waals surface area contributed by atoms with Crippen molar-refractivity contribution >= 4 is 22.3 Å². The van der Waals surface area contributed by atoms with E-state index in [1.165, 1.54) is 77.0 Å². The summed E-state index contributed by atoms with van der Waals surface area (Å²) in [6.45, 7) is 2.28. The van der Waals surface area contributed by atoms with Crippen molar-refractivity contribution in [2.75, 3.05) is 7.11 Å². The lowest BCUT2D eigenvalue weighted by atomic mass is 10.0. The molecule has 0 radical (unpaired) electrons. The summed E-state index contributed by atoms with van der Waals surface area (Å²) in [7, 11) is 1.68. The molecule has 29 heavy (non-hydrogen) atoms. The van der Waals surface area contributed by atoms with Gasteiger partial charge in [0.05, 0.1) is 7.11 Å². The van der Waals surface area contributed by atoms with Gasteiger partial charge in [0.1, 0.15) is 5.75 Å². The van der Waals surface area contributed by atoms with Crippen molar-refractivity contribution in [1.82, 2.24) is 0 Å². The van der Waals surface area contributed by atoms with Crippen molar-refractivity contribution < 1.29 is 4.74 Å². The average Bonchev–Trinajstić information content (AvgIpc) is 3.19. The van der Waals surface area contributed by atoms with Gasteiger partial charge in [0.25, 0.3) is 11.4 Å².